The molecule has 0 amide bonds. The fraction of sp³-hybridized carbons (Fsp3) is 0.154. The first-order valence-electron chi connectivity index (χ1n) is 4.80. The van der Waals surface area contributed by atoms with Gasteiger partial charge in [-0.2, -0.15) is 0 Å². The molecule has 0 bridgehead atoms. The third-order valence-electron chi connectivity index (χ3n) is 2.35. The average Bonchev–Trinajstić information content (AvgIpc) is 2.23. The predicted octanol–water partition coefficient (Wildman–Crippen LogP) is 3.58. The van der Waals surface area contributed by atoms with Crippen LogP contribution in [0.1, 0.15) is 18.1 Å². The number of hydrogen-bond donors (Lipinski definition) is 0. The van der Waals surface area contributed by atoms with Crippen molar-refractivity contribution in [2.24, 2.45) is 0 Å². The highest BCUT2D eigenvalue weighted by atomic mass is 14.6. The molecular weight excluding hydrogens is 170 g/mol. The van der Waals surface area contributed by atoms with Crippen molar-refractivity contribution in [1.82, 2.24) is 4.98 Å². The molecule has 1 nitrogen and oxygen atoms in total. The third kappa shape index (κ3) is 1.41. The van der Waals surface area contributed by atoms with Crippen molar-refractivity contribution in [2.45, 2.75) is 13.8 Å². The molecule has 2 rings (SSSR count). The van der Waals surface area contributed by atoms with Crippen molar-refractivity contribution in [3.8, 4) is 0 Å². The van der Waals surface area contributed by atoms with Gasteiger partial charge in [0.25, 0.3) is 0 Å². The summed E-state index contributed by atoms with van der Waals surface area (Å²) >= 11 is 0. The molecule has 1 aromatic carbocycles. The minimum absolute atomic E-state index is 1.06. The number of hydrogen-bond acceptors (Lipinski definition) is 1. The van der Waals surface area contributed by atoms with Crippen LogP contribution >= 0.6 is 0 Å². The molecule has 0 atom stereocenters. The van der Waals surface area contributed by atoms with Crippen LogP contribution in [0.2, 0.25) is 0 Å². The molecule has 0 saturated carbocycles. The largest absolute Gasteiger partial charge is 0.256 e. The number of allylic oxidation sites excluding steroid dienone is 1. The second-order valence-electron chi connectivity index (χ2n) is 3.37. The van der Waals surface area contributed by atoms with E-state index in [4.69, 9.17) is 0 Å². The van der Waals surface area contributed by atoms with Gasteiger partial charge in [-0.05, 0) is 31.0 Å². The number of fused-ring (bicyclic) bond motifs is 1. The lowest BCUT2D eigenvalue weighted by molar-refractivity contribution is 1.32. The van der Waals surface area contributed by atoms with Crippen LogP contribution in [0, 0.1) is 6.92 Å². The Labute approximate surface area is 84.1 Å². The predicted molar refractivity (Wildman–Crippen MR) is 61.2 cm³/mol. The fourth-order valence-corrected chi connectivity index (χ4v) is 1.65. The van der Waals surface area contributed by atoms with Crippen molar-refractivity contribution in [2.75, 3.05) is 0 Å². The normalized spacial score (nSPS) is 11.3. The molecule has 0 radical (unpaired) electrons. The van der Waals surface area contributed by atoms with Crippen molar-refractivity contribution >= 4 is 17.0 Å². The van der Waals surface area contributed by atoms with Gasteiger partial charge in [0, 0.05) is 11.6 Å². The number of aryl methyl sites for hydroxylation is 1. The van der Waals surface area contributed by atoms with E-state index in [1.807, 2.05) is 25.3 Å². The second kappa shape index (κ2) is 3.62. The smallest absolute Gasteiger partial charge is 0.0708 e. The number of pyridine rings is 1. The Hall–Kier alpha value is -1.63. The van der Waals surface area contributed by atoms with Crippen LogP contribution in [0.4, 0.5) is 0 Å². The molecule has 0 fully saturated rings. The van der Waals surface area contributed by atoms with E-state index in [2.05, 4.69) is 36.2 Å². The maximum atomic E-state index is 4.39. The average molecular weight is 183 g/mol. The van der Waals surface area contributed by atoms with Crippen molar-refractivity contribution in [3.05, 3.63) is 47.7 Å². The van der Waals surface area contributed by atoms with Crippen LogP contribution in [0.3, 0.4) is 0 Å². The van der Waals surface area contributed by atoms with E-state index in [0.717, 1.165) is 5.52 Å². The maximum absolute atomic E-state index is 4.39. The molecule has 0 spiro atoms. The lowest BCUT2D eigenvalue weighted by Crippen LogP contribution is -1.86. The molecule has 2 aromatic rings. The first kappa shape index (κ1) is 8.95. The Morgan fingerprint density at radius 1 is 1.21 bits per heavy atom. The summed E-state index contributed by atoms with van der Waals surface area (Å²) in [4.78, 5) is 4.39. The van der Waals surface area contributed by atoms with Gasteiger partial charge in [0.1, 0.15) is 0 Å². The van der Waals surface area contributed by atoms with E-state index in [-0.39, 0.29) is 0 Å². The quantitative estimate of drug-likeness (QED) is 0.658. The van der Waals surface area contributed by atoms with Gasteiger partial charge in [-0.3, -0.25) is 4.98 Å². The van der Waals surface area contributed by atoms with Gasteiger partial charge in [0.2, 0.25) is 0 Å². The summed E-state index contributed by atoms with van der Waals surface area (Å²) in [5.74, 6) is 0. The van der Waals surface area contributed by atoms with Crippen LogP contribution in [0.15, 0.2) is 36.5 Å². The molecular formula is C13H13N. The molecule has 70 valence electrons. The maximum Gasteiger partial charge on any atom is 0.0708 e. The number of nitrogens with zero attached hydrogens (tertiary/aromatic N) is 1. The summed E-state index contributed by atoms with van der Waals surface area (Å²) in [5, 5.41) is 1.23. The highest BCUT2D eigenvalue weighted by Gasteiger charge is 2.01. The zero-order valence-corrected chi connectivity index (χ0v) is 8.49. The standard InChI is InChI=1S/C13H13N/c1-3-6-11-10(2)9-14-13-8-5-4-7-12(11)13/h3-9H,1-2H3/b6-3-. The first-order valence-corrected chi connectivity index (χ1v) is 4.80. The topological polar surface area (TPSA) is 12.9 Å². The SMILES string of the molecule is C/C=C\c1c(C)cnc2ccccc12. The number of aromatic nitrogens is 1. The van der Waals surface area contributed by atoms with E-state index in [1.54, 1.807) is 0 Å². The Morgan fingerprint density at radius 3 is 2.79 bits per heavy atom. The van der Waals surface area contributed by atoms with Gasteiger partial charge in [0.15, 0.2) is 0 Å². The Balaban J connectivity index is 2.82. The zero-order valence-electron chi connectivity index (χ0n) is 8.49. The van der Waals surface area contributed by atoms with Crippen molar-refractivity contribution in [1.29, 1.82) is 0 Å². The minimum atomic E-state index is 1.06. The fourth-order valence-electron chi connectivity index (χ4n) is 1.65. The number of rotatable bonds is 1. The highest BCUT2D eigenvalue weighted by Crippen LogP contribution is 2.20. The van der Waals surface area contributed by atoms with E-state index in [1.165, 1.54) is 16.5 Å². The molecule has 0 aliphatic heterocycles. The van der Waals surface area contributed by atoms with E-state index in [9.17, 15) is 0 Å². The third-order valence-corrected chi connectivity index (χ3v) is 2.35. The monoisotopic (exact) mass is 183 g/mol. The van der Waals surface area contributed by atoms with Crippen LogP contribution in [-0.2, 0) is 0 Å². The van der Waals surface area contributed by atoms with Gasteiger partial charge in [-0.25, -0.2) is 0 Å². The first-order chi connectivity index (χ1) is 6.83. The summed E-state index contributed by atoms with van der Waals surface area (Å²) < 4.78 is 0. The number of benzene rings is 1. The lowest BCUT2D eigenvalue weighted by atomic mass is 10.0. The van der Waals surface area contributed by atoms with Gasteiger partial charge in [0.05, 0.1) is 5.52 Å². The molecule has 1 heterocycles. The number of para-hydroxylation sites is 1. The van der Waals surface area contributed by atoms with Crippen molar-refractivity contribution < 1.29 is 0 Å². The van der Waals surface area contributed by atoms with E-state index in [0.29, 0.717) is 0 Å². The highest BCUT2D eigenvalue weighted by molar-refractivity contribution is 5.88. The molecule has 1 heteroatoms. The summed E-state index contributed by atoms with van der Waals surface area (Å²) in [6.07, 6.45) is 6.13. The lowest BCUT2D eigenvalue weighted by Gasteiger charge is -2.04. The summed E-state index contributed by atoms with van der Waals surface area (Å²) in [6.45, 7) is 4.13. The molecule has 0 aliphatic rings. The zero-order chi connectivity index (χ0) is 9.97. The molecule has 0 aliphatic carbocycles. The van der Waals surface area contributed by atoms with Crippen molar-refractivity contribution in [3.63, 3.8) is 0 Å². The van der Waals surface area contributed by atoms with E-state index < -0.39 is 0 Å². The Kier molecular flexibility index (Phi) is 2.32. The molecule has 0 N–H and O–H groups in total. The van der Waals surface area contributed by atoms with Crippen LogP contribution in [0.25, 0.3) is 17.0 Å². The molecule has 0 unspecified atom stereocenters. The van der Waals surface area contributed by atoms with E-state index >= 15 is 0 Å². The van der Waals surface area contributed by atoms with Crippen LogP contribution < -0.4 is 0 Å². The Bertz CT molecular complexity index is 484. The van der Waals surface area contributed by atoms with Gasteiger partial charge in [-0.1, -0.05) is 30.4 Å². The summed E-state index contributed by atoms with van der Waals surface area (Å²) in [5.41, 5.74) is 3.56. The van der Waals surface area contributed by atoms with Crippen LogP contribution in [-0.4, -0.2) is 4.98 Å². The van der Waals surface area contributed by atoms with Gasteiger partial charge in [-0.15, -0.1) is 0 Å². The molecule has 14 heavy (non-hydrogen) atoms. The minimum Gasteiger partial charge on any atom is -0.256 e. The molecule has 0 saturated heterocycles. The Morgan fingerprint density at radius 2 is 2.00 bits per heavy atom. The molecule has 1 aromatic heterocycles. The summed E-state index contributed by atoms with van der Waals surface area (Å²) in [7, 11) is 0. The summed E-state index contributed by atoms with van der Waals surface area (Å²) in [6, 6.07) is 8.23. The second-order valence-corrected chi connectivity index (χ2v) is 3.37. The van der Waals surface area contributed by atoms with Gasteiger partial charge < -0.3 is 0 Å². The van der Waals surface area contributed by atoms with Gasteiger partial charge >= 0.3 is 0 Å². The van der Waals surface area contributed by atoms with Crippen LogP contribution in [0.5, 0.6) is 0 Å².